The van der Waals surface area contributed by atoms with E-state index >= 15 is 0 Å². The lowest BCUT2D eigenvalue weighted by Gasteiger charge is -2.31. The molecule has 0 unspecified atom stereocenters. The third kappa shape index (κ3) is 11.5. The molecule has 8 atom stereocenters. The van der Waals surface area contributed by atoms with Crippen LogP contribution in [0.4, 0.5) is 0 Å². The quantitative estimate of drug-likeness (QED) is 0.0745. The van der Waals surface area contributed by atoms with E-state index in [9.17, 15) is 0 Å². The summed E-state index contributed by atoms with van der Waals surface area (Å²) in [5.41, 5.74) is 6.16. The SMILES string of the molecule is CC1(C)OC[C@]2(O[C@H](COCc3ccc(COC[C@H]4O[C@]5(COC(C)(C)O5)[C@@H](OCc5ccccc5)[C@@H]4OCc4ccccc4)cc3)[C@@H](OCc3ccccc3)[C@@H]2OCc2ccccc2)O1. The van der Waals surface area contributed by atoms with Crippen molar-refractivity contribution in [1.29, 1.82) is 0 Å². The second kappa shape index (κ2) is 20.9. The van der Waals surface area contributed by atoms with Gasteiger partial charge in [0.2, 0.25) is 11.6 Å². The Bertz CT molecular complexity index is 2090. The number of rotatable bonds is 20. The van der Waals surface area contributed by atoms with Gasteiger partial charge in [-0.1, -0.05) is 146 Å². The molecule has 5 aromatic rings. The van der Waals surface area contributed by atoms with Crippen LogP contribution in [0.5, 0.6) is 0 Å². The maximum atomic E-state index is 6.74. The molecule has 12 nitrogen and oxygen atoms in total. The van der Waals surface area contributed by atoms with Gasteiger partial charge in [0.25, 0.3) is 0 Å². The number of hydrogen-bond donors (Lipinski definition) is 0. The van der Waals surface area contributed by atoms with Gasteiger partial charge in [-0.2, -0.15) is 0 Å². The van der Waals surface area contributed by atoms with E-state index in [-0.39, 0.29) is 26.4 Å². The van der Waals surface area contributed by atoms with E-state index in [0.717, 1.165) is 33.4 Å². The van der Waals surface area contributed by atoms with Crippen LogP contribution in [0.25, 0.3) is 0 Å². The summed E-state index contributed by atoms with van der Waals surface area (Å²) in [5.74, 6) is -4.06. The number of ether oxygens (including phenoxy) is 12. The Labute approximate surface area is 388 Å². The molecule has 0 aromatic heterocycles. The number of hydrogen-bond acceptors (Lipinski definition) is 12. The first-order chi connectivity index (χ1) is 32.1. The first kappa shape index (κ1) is 46.7. The Morgan fingerprint density at radius 2 is 0.697 bits per heavy atom. The van der Waals surface area contributed by atoms with Gasteiger partial charge in [-0.25, -0.2) is 0 Å². The summed E-state index contributed by atoms with van der Waals surface area (Å²) in [6, 6.07) is 48.5. The van der Waals surface area contributed by atoms with Crippen LogP contribution in [0.1, 0.15) is 61.1 Å². The Balaban J connectivity index is 0.832. The van der Waals surface area contributed by atoms with Gasteiger partial charge in [-0.05, 0) is 61.1 Å². The van der Waals surface area contributed by atoms with Crippen molar-refractivity contribution in [2.45, 2.75) is 127 Å². The topological polar surface area (TPSA) is 111 Å². The molecule has 4 fully saturated rings. The van der Waals surface area contributed by atoms with Crippen LogP contribution in [0.15, 0.2) is 146 Å². The third-order valence-electron chi connectivity index (χ3n) is 12.2. The summed E-state index contributed by atoms with van der Waals surface area (Å²) >= 11 is 0. The summed E-state index contributed by atoms with van der Waals surface area (Å²) in [5, 5.41) is 0. The van der Waals surface area contributed by atoms with Crippen molar-refractivity contribution in [1.82, 2.24) is 0 Å². The molecular weight excluding hydrogens is 841 g/mol. The van der Waals surface area contributed by atoms with E-state index < -0.39 is 59.8 Å². The molecule has 66 heavy (non-hydrogen) atoms. The fourth-order valence-electron chi connectivity index (χ4n) is 9.03. The lowest BCUT2D eigenvalue weighted by Crippen LogP contribution is -2.48. The maximum Gasteiger partial charge on any atom is 0.224 e. The third-order valence-corrected chi connectivity index (χ3v) is 12.2. The summed E-state index contributed by atoms with van der Waals surface area (Å²) in [7, 11) is 0. The minimum atomic E-state index is -1.17. The Morgan fingerprint density at radius 3 is 1.00 bits per heavy atom. The van der Waals surface area contributed by atoms with Crippen molar-refractivity contribution < 1.29 is 56.8 Å². The van der Waals surface area contributed by atoms with E-state index in [1.165, 1.54) is 0 Å². The fourth-order valence-corrected chi connectivity index (χ4v) is 9.03. The van der Waals surface area contributed by atoms with Crippen LogP contribution in [-0.4, -0.2) is 86.2 Å². The average Bonchev–Trinajstić information content (AvgIpc) is 4.01. The predicted molar refractivity (Wildman–Crippen MR) is 243 cm³/mol. The van der Waals surface area contributed by atoms with Gasteiger partial charge in [0.15, 0.2) is 11.6 Å². The van der Waals surface area contributed by atoms with Crippen molar-refractivity contribution in [3.8, 4) is 0 Å². The second-order valence-corrected chi connectivity index (χ2v) is 18.3. The van der Waals surface area contributed by atoms with Crippen LogP contribution < -0.4 is 0 Å². The highest BCUT2D eigenvalue weighted by Gasteiger charge is 2.64. The van der Waals surface area contributed by atoms with Crippen molar-refractivity contribution in [2.24, 2.45) is 0 Å². The van der Waals surface area contributed by atoms with Gasteiger partial charge in [0.1, 0.15) is 49.8 Å². The van der Waals surface area contributed by atoms with Crippen LogP contribution in [0.2, 0.25) is 0 Å². The van der Waals surface area contributed by atoms with Crippen LogP contribution >= 0.6 is 0 Å². The Hall–Kier alpha value is -4.38. The summed E-state index contributed by atoms with van der Waals surface area (Å²) < 4.78 is 78.0. The molecule has 2 spiro atoms. The Kier molecular flexibility index (Phi) is 14.8. The molecule has 12 heteroatoms. The minimum absolute atomic E-state index is 0.197. The second-order valence-electron chi connectivity index (χ2n) is 18.3. The molecule has 0 radical (unpaired) electrons. The fraction of sp³-hybridized carbons (Fsp3) is 0.444. The van der Waals surface area contributed by atoms with E-state index in [4.69, 9.17) is 56.8 Å². The maximum absolute atomic E-state index is 6.74. The van der Waals surface area contributed by atoms with Crippen molar-refractivity contribution in [3.63, 3.8) is 0 Å². The molecular formula is C54H62O12. The van der Waals surface area contributed by atoms with E-state index in [1.807, 2.05) is 173 Å². The molecule has 0 bridgehead atoms. The molecule has 4 aliphatic heterocycles. The highest BCUT2D eigenvalue weighted by Crippen LogP contribution is 2.46. The normalized spacial score (nSPS) is 28.7. The van der Waals surface area contributed by atoms with Gasteiger partial charge in [0, 0.05) is 0 Å². The van der Waals surface area contributed by atoms with E-state index in [1.54, 1.807) is 0 Å². The lowest BCUT2D eigenvalue weighted by molar-refractivity contribution is -0.278. The van der Waals surface area contributed by atoms with Crippen molar-refractivity contribution in [3.05, 3.63) is 179 Å². The van der Waals surface area contributed by atoms with Gasteiger partial charge in [-0.15, -0.1) is 0 Å². The van der Waals surface area contributed by atoms with Crippen molar-refractivity contribution >= 4 is 0 Å². The molecule has 350 valence electrons. The summed E-state index contributed by atoms with van der Waals surface area (Å²) in [6.45, 7) is 10.6. The highest BCUT2D eigenvalue weighted by molar-refractivity contribution is 5.22. The molecule has 4 aliphatic rings. The summed E-state index contributed by atoms with van der Waals surface area (Å²) in [4.78, 5) is 0. The molecule has 0 N–H and O–H groups in total. The zero-order valence-electron chi connectivity index (χ0n) is 38.3. The van der Waals surface area contributed by atoms with Crippen LogP contribution in [0, 0.1) is 0 Å². The highest BCUT2D eigenvalue weighted by atomic mass is 16.9. The van der Waals surface area contributed by atoms with Gasteiger partial charge < -0.3 is 56.8 Å². The van der Waals surface area contributed by atoms with Crippen molar-refractivity contribution in [2.75, 3.05) is 26.4 Å². The molecule has 9 rings (SSSR count). The zero-order valence-corrected chi connectivity index (χ0v) is 38.3. The number of benzene rings is 5. The smallest absolute Gasteiger partial charge is 0.224 e. The molecule has 0 aliphatic carbocycles. The predicted octanol–water partition coefficient (Wildman–Crippen LogP) is 8.82. The minimum Gasteiger partial charge on any atom is -0.374 e. The van der Waals surface area contributed by atoms with Crippen LogP contribution in [0.3, 0.4) is 0 Å². The monoisotopic (exact) mass is 902 g/mol. The average molecular weight is 903 g/mol. The van der Waals surface area contributed by atoms with Gasteiger partial charge in [-0.3, -0.25) is 0 Å². The Morgan fingerprint density at radius 1 is 0.394 bits per heavy atom. The van der Waals surface area contributed by atoms with Gasteiger partial charge >= 0.3 is 0 Å². The molecule has 5 aromatic carbocycles. The largest absolute Gasteiger partial charge is 0.374 e. The zero-order chi connectivity index (χ0) is 45.5. The molecule has 0 amide bonds. The van der Waals surface area contributed by atoms with E-state index in [2.05, 4.69) is 0 Å². The molecule has 4 heterocycles. The standard InChI is InChI=1S/C54H62O12/c1-51(2)61-37-53(65-51)49(59-33-41-21-13-7-14-22-41)47(57-31-39-17-9-5-10-18-39)45(63-53)35-55-29-43-25-27-44(28-26-43)30-56-36-46-48(58-32-40-19-11-6-12-20-40)50(60-34-42-23-15-8-16-24-42)54(64-46)38-62-52(3,4)66-54/h5-28,45-50H,29-38H2,1-4H3/t45-,46-,47-,48-,49+,50+,53+,54+/m1/s1. The van der Waals surface area contributed by atoms with Gasteiger partial charge in [0.05, 0.1) is 52.9 Å². The molecule has 4 saturated heterocycles. The van der Waals surface area contributed by atoms with E-state index in [0.29, 0.717) is 39.6 Å². The lowest BCUT2D eigenvalue weighted by atomic mass is 10.0. The summed E-state index contributed by atoms with van der Waals surface area (Å²) in [6.07, 6.45) is -3.16. The first-order valence-corrected chi connectivity index (χ1v) is 23.0. The first-order valence-electron chi connectivity index (χ1n) is 23.0. The molecule has 0 saturated carbocycles. The van der Waals surface area contributed by atoms with Crippen LogP contribution in [-0.2, 0) is 96.5 Å².